The van der Waals surface area contributed by atoms with Crippen LogP contribution in [0.2, 0.25) is 0 Å². The maximum Gasteiger partial charge on any atom is 0.395 e. The second kappa shape index (κ2) is 5.29. The highest BCUT2D eigenvalue weighted by atomic mass is 32.1. The summed E-state index contributed by atoms with van der Waals surface area (Å²) in [5.74, 6) is -0.480. The monoisotopic (exact) mass is 253 g/mol. The first-order valence-corrected chi connectivity index (χ1v) is 5.44. The second-order valence-electron chi connectivity index (χ2n) is 3.01. The summed E-state index contributed by atoms with van der Waals surface area (Å²) in [6.07, 6.45) is -5.40. The van der Waals surface area contributed by atoms with Gasteiger partial charge in [0.15, 0.2) is 0 Å². The lowest BCUT2D eigenvalue weighted by Crippen LogP contribution is -2.12. The van der Waals surface area contributed by atoms with E-state index < -0.39 is 18.6 Å². The SMILES string of the molecule is CCOC(=O)Cc1csc(CC(F)(F)F)n1. The summed E-state index contributed by atoms with van der Waals surface area (Å²) < 4.78 is 40.7. The highest BCUT2D eigenvalue weighted by Gasteiger charge is 2.29. The lowest BCUT2D eigenvalue weighted by Gasteiger charge is -2.01. The van der Waals surface area contributed by atoms with E-state index >= 15 is 0 Å². The predicted octanol–water partition coefficient (Wildman–Crippen LogP) is 2.35. The third-order valence-electron chi connectivity index (χ3n) is 1.58. The molecular weight excluding hydrogens is 243 g/mol. The number of halogens is 3. The molecule has 0 aliphatic carbocycles. The molecule has 1 rings (SSSR count). The molecule has 90 valence electrons. The van der Waals surface area contributed by atoms with Crippen LogP contribution in [0, 0.1) is 0 Å². The van der Waals surface area contributed by atoms with Crippen molar-refractivity contribution in [1.82, 2.24) is 4.98 Å². The molecule has 16 heavy (non-hydrogen) atoms. The van der Waals surface area contributed by atoms with Crippen molar-refractivity contribution >= 4 is 17.3 Å². The number of rotatable bonds is 4. The quantitative estimate of drug-likeness (QED) is 0.773. The van der Waals surface area contributed by atoms with E-state index in [1.54, 1.807) is 6.92 Å². The Morgan fingerprint density at radius 1 is 1.56 bits per heavy atom. The van der Waals surface area contributed by atoms with Crippen LogP contribution in [-0.2, 0) is 22.4 Å². The fraction of sp³-hybridized carbons (Fsp3) is 0.556. The van der Waals surface area contributed by atoms with E-state index in [0.29, 0.717) is 5.69 Å². The van der Waals surface area contributed by atoms with E-state index in [2.05, 4.69) is 9.72 Å². The van der Waals surface area contributed by atoms with Gasteiger partial charge in [0.1, 0.15) is 5.01 Å². The zero-order valence-electron chi connectivity index (χ0n) is 8.50. The number of hydrogen-bond acceptors (Lipinski definition) is 4. The molecule has 0 aliphatic heterocycles. The molecule has 0 atom stereocenters. The van der Waals surface area contributed by atoms with Crippen molar-refractivity contribution in [1.29, 1.82) is 0 Å². The normalized spacial score (nSPS) is 11.5. The minimum atomic E-state index is -4.26. The Bertz CT molecular complexity index is 362. The molecule has 0 aliphatic rings. The van der Waals surface area contributed by atoms with Gasteiger partial charge in [-0.1, -0.05) is 0 Å². The summed E-state index contributed by atoms with van der Waals surface area (Å²) in [7, 11) is 0. The molecule has 0 saturated heterocycles. The molecule has 0 saturated carbocycles. The molecule has 0 spiro atoms. The summed E-state index contributed by atoms with van der Waals surface area (Å²) in [6.45, 7) is 1.91. The fourth-order valence-electron chi connectivity index (χ4n) is 1.04. The van der Waals surface area contributed by atoms with Gasteiger partial charge in [-0.05, 0) is 6.92 Å². The molecule has 1 aromatic heterocycles. The second-order valence-corrected chi connectivity index (χ2v) is 3.95. The van der Waals surface area contributed by atoms with Gasteiger partial charge in [0.25, 0.3) is 0 Å². The van der Waals surface area contributed by atoms with Crippen molar-refractivity contribution in [3.8, 4) is 0 Å². The van der Waals surface area contributed by atoms with E-state index in [1.165, 1.54) is 5.38 Å². The summed E-state index contributed by atoms with van der Waals surface area (Å²) in [6, 6.07) is 0. The van der Waals surface area contributed by atoms with Gasteiger partial charge in [-0.15, -0.1) is 11.3 Å². The fourth-order valence-corrected chi connectivity index (χ4v) is 1.87. The van der Waals surface area contributed by atoms with Crippen molar-refractivity contribution in [2.24, 2.45) is 0 Å². The zero-order valence-corrected chi connectivity index (χ0v) is 9.32. The standard InChI is InChI=1S/C9H10F3NO2S/c1-2-15-8(14)3-6-5-16-7(13-6)4-9(10,11)12/h5H,2-4H2,1H3. The first-order valence-electron chi connectivity index (χ1n) is 4.56. The van der Waals surface area contributed by atoms with Crippen LogP contribution in [0.15, 0.2) is 5.38 Å². The lowest BCUT2D eigenvalue weighted by atomic mass is 10.3. The first-order chi connectivity index (χ1) is 7.40. The smallest absolute Gasteiger partial charge is 0.395 e. The number of alkyl halides is 3. The molecular formula is C9H10F3NO2S. The molecule has 7 heteroatoms. The van der Waals surface area contributed by atoms with Crippen LogP contribution in [0.25, 0.3) is 0 Å². The topological polar surface area (TPSA) is 39.2 Å². The highest BCUT2D eigenvalue weighted by Crippen LogP contribution is 2.23. The molecule has 0 aromatic carbocycles. The summed E-state index contributed by atoms with van der Waals surface area (Å²) in [5, 5.41) is 1.41. The molecule has 0 bridgehead atoms. The predicted molar refractivity (Wildman–Crippen MR) is 52.2 cm³/mol. The molecule has 0 amide bonds. The average molecular weight is 253 g/mol. The summed E-state index contributed by atoms with van der Waals surface area (Å²) >= 11 is 0.898. The third kappa shape index (κ3) is 4.61. The van der Waals surface area contributed by atoms with E-state index in [4.69, 9.17) is 0 Å². The summed E-state index contributed by atoms with van der Waals surface area (Å²) in [4.78, 5) is 14.7. The average Bonchev–Trinajstić information content (AvgIpc) is 2.49. The minimum absolute atomic E-state index is 0.0354. The molecule has 1 heterocycles. The van der Waals surface area contributed by atoms with E-state index in [1.807, 2.05) is 0 Å². The molecule has 1 aromatic rings. The van der Waals surface area contributed by atoms with Crippen LogP contribution in [0.5, 0.6) is 0 Å². The Morgan fingerprint density at radius 2 is 2.25 bits per heavy atom. The van der Waals surface area contributed by atoms with Gasteiger partial charge in [-0.3, -0.25) is 4.79 Å². The number of hydrogen-bond donors (Lipinski definition) is 0. The van der Waals surface area contributed by atoms with Gasteiger partial charge in [-0.25, -0.2) is 4.98 Å². The van der Waals surface area contributed by atoms with Gasteiger partial charge in [-0.2, -0.15) is 13.2 Å². The number of nitrogens with zero attached hydrogens (tertiary/aromatic N) is 1. The molecule has 0 N–H and O–H groups in total. The van der Waals surface area contributed by atoms with Crippen molar-refractivity contribution < 1.29 is 22.7 Å². The minimum Gasteiger partial charge on any atom is -0.466 e. The third-order valence-corrected chi connectivity index (χ3v) is 2.48. The maximum atomic E-state index is 12.0. The Labute approximate surface area is 94.3 Å². The van der Waals surface area contributed by atoms with Gasteiger partial charge in [0.2, 0.25) is 0 Å². The number of ether oxygens (including phenoxy) is 1. The van der Waals surface area contributed by atoms with Gasteiger partial charge in [0, 0.05) is 5.38 Å². The number of esters is 1. The van der Waals surface area contributed by atoms with E-state index in [0.717, 1.165) is 11.3 Å². The number of aromatic nitrogens is 1. The van der Waals surface area contributed by atoms with Crippen LogP contribution >= 0.6 is 11.3 Å². The number of carbonyl (C=O) groups is 1. The van der Waals surface area contributed by atoms with Crippen molar-refractivity contribution in [2.75, 3.05) is 6.61 Å². The molecule has 0 fully saturated rings. The van der Waals surface area contributed by atoms with Gasteiger partial charge in [0.05, 0.1) is 25.1 Å². The van der Waals surface area contributed by atoms with Gasteiger partial charge < -0.3 is 4.74 Å². The number of thiazole rings is 1. The molecule has 0 radical (unpaired) electrons. The summed E-state index contributed by atoms with van der Waals surface area (Å²) in [5.41, 5.74) is 0.322. The Balaban J connectivity index is 2.55. The van der Waals surface area contributed by atoms with Crippen molar-refractivity contribution in [3.05, 3.63) is 16.1 Å². The first kappa shape index (κ1) is 13.0. The van der Waals surface area contributed by atoms with Crippen LogP contribution in [0.4, 0.5) is 13.2 Å². The van der Waals surface area contributed by atoms with Crippen molar-refractivity contribution in [3.63, 3.8) is 0 Å². The Morgan fingerprint density at radius 3 is 2.81 bits per heavy atom. The maximum absolute atomic E-state index is 12.0. The molecule has 3 nitrogen and oxygen atoms in total. The number of carbonyl (C=O) groups excluding carboxylic acids is 1. The van der Waals surface area contributed by atoms with Crippen LogP contribution in [0.1, 0.15) is 17.6 Å². The van der Waals surface area contributed by atoms with E-state index in [9.17, 15) is 18.0 Å². The van der Waals surface area contributed by atoms with Crippen LogP contribution in [-0.4, -0.2) is 23.7 Å². The zero-order chi connectivity index (χ0) is 12.2. The highest BCUT2D eigenvalue weighted by molar-refractivity contribution is 7.09. The lowest BCUT2D eigenvalue weighted by molar-refractivity contribution is -0.142. The van der Waals surface area contributed by atoms with Crippen LogP contribution < -0.4 is 0 Å². The van der Waals surface area contributed by atoms with Crippen molar-refractivity contribution in [2.45, 2.75) is 25.9 Å². The Hall–Kier alpha value is -1.11. The largest absolute Gasteiger partial charge is 0.466 e. The van der Waals surface area contributed by atoms with E-state index in [-0.39, 0.29) is 18.0 Å². The molecule has 0 unspecified atom stereocenters. The van der Waals surface area contributed by atoms with Gasteiger partial charge >= 0.3 is 12.1 Å². The van der Waals surface area contributed by atoms with Crippen LogP contribution in [0.3, 0.4) is 0 Å². The Kier molecular flexibility index (Phi) is 4.28.